The summed E-state index contributed by atoms with van der Waals surface area (Å²) in [4.78, 5) is 0. The summed E-state index contributed by atoms with van der Waals surface area (Å²) in [5.74, 6) is 0. The number of nitrogens with two attached hydrogens (primary N) is 1. The zero-order chi connectivity index (χ0) is 9.84. The minimum atomic E-state index is 0.556. The third-order valence-corrected chi connectivity index (χ3v) is 2.42. The van der Waals surface area contributed by atoms with E-state index in [-0.39, 0.29) is 0 Å². The molecule has 0 heterocycles. The van der Waals surface area contributed by atoms with Crippen molar-refractivity contribution in [2.45, 2.75) is 6.92 Å². The average Bonchev–Trinajstić information content (AvgIpc) is 2.11. The third-order valence-electron chi connectivity index (χ3n) is 1.68. The second-order valence-electron chi connectivity index (χ2n) is 2.87. The first-order valence-corrected chi connectivity index (χ1v) is 4.71. The number of halogens is 2. The highest BCUT2D eigenvalue weighted by atomic mass is 35.5. The fraction of sp³-hybridized carbons (Fsp3) is 0.200. The molecule has 0 amide bonds. The van der Waals surface area contributed by atoms with Gasteiger partial charge in [0.25, 0.3) is 0 Å². The van der Waals surface area contributed by atoms with Crippen molar-refractivity contribution in [3.8, 4) is 0 Å². The fourth-order valence-electron chi connectivity index (χ4n) is 0.946. The second-order valence-corrected chi connectivity index (χ2v) is 3.68. The van der Waals surface area contributed by atoms with Gasteiger partial charge in [0.2, 0.25) is 0 Å². The van der Waals surface area contributed by atoms with Crippen LogP contribution in [0.3, 0.4) is 0 Å². The van der Waals surface area contributed by atoms with Crippen LogP contribution in [-0.4, -0.2) is 6.54 Å². The first-order chi connectivity index (χ1) is 6.13. The maximum absolute atomic E-state index is 5.85. The van der Waals surface area contributed by atoms with E-state index in [1.54, 1.807) is 6.07 Å². The topological polar surface area (TPSA) is 26.0 Å². The molecule has 0 spiro atoms. The van der Waals surface area contributed by atoms with Crippen molar-refractivity contribution in [1.29, 1.82) is 0 Å². The summed E-state index contributed by atoms with van der Waals surface area (Å²) in [6, 6.07) is 5.51. The van der Waals surface area contributed by atoms with E-state index < -0.39 is 0 Å². The Morgan fingerprint density at radius 1 is 1.38 bits per heavy atom. The highest BCUT2D eigenvalue weighted by Gasteiger charge is 1.97. The molecule has 0 aromatic heterocycles. The van der Waals surface area contributed by atoms with Gasteiger partial charge in [-0.25, -0.2) is 0 Å². The number of hydrogen-bond acceptors (Lipinski definition) is 1. The minimum Gasteiger partial charge on any atom is -0.327 e. The van der Waals surface area contributed by atoms with E-state index in [2.05, 4.69) is 0 Å². The maximum atomic E-state index is 5.85. The third kappa shape index (κ3) is 3.03. The van der Waals surface area contributed by atoms with Crippen molar-refractivity contribution < 1.29 is 0 Å². The molecule has 70 valence electrons. The molecule has 0 aliphatic carbocycles. The van der Waals surface area contributed by atoms with Gasteiger partial charge in [0, 0.05) is 6.54 Å². The molecule has 1 aromatic carbocycles. The SMILES string of the molecule is CC(=Cc1ccc(Cl)c(Cl)c1)CN. The molecule has 1 rings (SSSR count). The van der Waals surface area contributed by atoms with Crippen molar-refractivity contribution in [2.75, 3.05) is 6.54 Å². The van der Waals surface area contributed by atoms with E-state index in [0.29, 0.717) is 16.6 Å². The van der Waals surface area contributed by atoms with Crippen LogP contribution in [0.15, 0.2) is 23.8 Å². The van der Waals surface area contributed by atoms with E-state index in [1.807, 2.05) is 25.1 Å². The molecule has 0 atom stereocenters. The van der Waals surface area contributed by atoms with Crippen LogP contribution in [0.5, 0.6) is 0 Å². The lowest BCUT2D eigenvalue weighted by Crippen LogP contribution is -1.99. The zero-order valence-electron chi connectivity index (χ0n) is 7.35. The minimum absolute atomic E-state index is 0.556. The quantitative estimate of drug-likeness (QED) is 0.805. The zero-order valence-corrected chi connectivity index (χ0v) is 8.86. The molecule has 0 radical (unpaired) electrons. The Labute approximate surface area is 88.1 Å². The summed E-state index contributed by atoms with van der Waals surface area (Å²) < 4.78 is 0. The molecule has 0 unspecified atom stereocenters. The molecule has 1 nitrogen and oxygen atoms in total. The lowest BCUT2D eigenvalue weighted by Gasteiger charge is -1.99. The Morgan fingerprint density at radius 3 is 2.62 bits per heavy atom. The summed E-state index contributed by atoms with van der Waals surface area (Å²) >= 11 is 11.6. The molecule has 0 saturated carbocycles. The van der Waals surface area contributed by atoms with Crippen molar-refractivity contribution in [2.24, 2.45) is 5.73 Å². The van der Waals surface area contributed by atoms with Crippen molar-refractivity contribution in [3.63, 3.8) is 0 Å². The fourth-order valence-corrected chi connectivity index (χ4v) is 1.25. The van der Waals surface area contributed by atoms with Crippen LogP contribution in [0.25, 0.3) is 6.08 Å². The van der Waals surface area contributed by atoms with Crippen LogP contribution in [0.1, 0.15) is 12.5 Å². The number of rotatable bonds is 2. The van der Waals surface area contributed by atoms with Crippen molar-refractivity contribution >= 4 is 29.3 Å². The predicted octanol–water partition coefficient (Wildman–Crippen LogP) is 3.36. The predicted molar refractivity (Wildman–Crippen MR) is 59.2 cm³/mol. The highest BCUT2D eigenvalue weighted by Crippen LogP contribution is 2.23. The van der Waals surface area contributed by atoms with Gasteiger partial charge in [0.1, 0.15) is 0 Å². The Hall–Kier alpha value is -0.500. The van der Waals surface area contributed by atoms with Gasteiger partial charge in [0.15, 0.2) is 0 Å². The van der Waals surface area contributed by atoms with Gasteiger partial charge in [-0.15, -0.1) is 0 Å². The summed E-state index contributed by atoms with van der Waals surface area (Å²) in [5, 5.41) is 1.14. The van der Waals surface area contributed by atoms with E-state index >= 15 is 0 Å². The maximum Gasteiger partial charge on any atom is 0.0598 e. The number of hydrogen-bond donors (Lipinski definition) is 1. The molecular weight excluding hydrogens is 205 g/mol. The largest absolute Gasteiger partial charge is 0.327 e. The summed E-state index contributed by atoms with van der Waals surface area (Å²) in [6.07, 6.45) is 1.99. The van der Waals surface area contributed by atoms with Gasteiger partial charge in [0.05, 0.1) is 10.0 Å². The molecular formula is C10H11Cl2N. The van der Waals surface area contributed by atoms with Gasteiger partial charge in [-0.1, -0.05) is 40.9 Å². The molecule has 0 fully saturated rings. The van der Waals surface area contributed by atoms with Crippen molar-refractivity contribution in [3.05, 3.63) is 39.4 Å². The molecule has 1 aromatic rings. The lowest BCUT2D eigenvalue weighted by molar-refractivity contribution is 1.15. The van der Waals surface area contributed by atoms with Gasteiger partial charge < -0.3 is 5.73 Å². The Bertz CT molecular complexity index is 332. The van der Waals surface area contributed by atoms with Gasteiger partial charge >= 0.3 is 0 Å². The van der Waals surface area contributed by atoms with Gasteiger partial charge in [-0.2, -0.15) is 0 Å². The van der Waals surface area contributed by atoms with Crippen molar-refractivity contribution in [1.82, 2.24) is 0 Å². The first-order valence-electron chi connectivity index (χ1n) is 3.96. The normalized spacial score (nSPS) is 11.8. The van der Waals surface area contributed by atoms with Crippen LogP contribution < -0.4 is 5.73 Å². The molecule has 0 bridgehead atoms. The van der Waals surface area contributed by atoms with Crippen LogP contribution in [0, 0.1) is 0 Å². The van der Waals surface area contributed by atoms with Crippen LogP contribution in [-0.2, 0) is 0 Å². The number of benzene rings is 1. The second kappa shape index (κ2) is 4.66. The highest BCUT2D eigenvalue weighted by molar-refractivity contribution is 6.42. The smallest absolute Gasteiger partial charge is 0.0598 e. The van der Waals surface area contributed by atoms with Crippen LogP contribution >= 0.6 is 23.2 Å². The molecule has 0 saturated heterocycles. The first kappa shape index (κ1) is 10.6. The molecule has 3 heteroatoms. The van der Waals surface area contributed by atoms with Crippen LogP contribution in [0.2, 0.25) is 10.0 Å². The monoisotopic (exact) mass is 215 g/mol. The molecule has 2 N–H and O–H groups in total. The molecule has 0 aliphatic rings. The lowest BCUT2D eigenvalue weighted by atomic mass is 10.1. The van der Waals surface area contributed by atoms with E-state index in [1.165, 1.54) is 0 Å². The van der Waals surface area contributed by atoms with E-state index in [4.69, 9.17) is 28.9 Å². The van der Waals surface area contributed by atoms with Gasteiger partial charge in [-0.3, -0.25) is 0 Å². The average molecular weight is 216 g/mol. The van der Waals surface area contributed by atoms with E-state index in [0.717, 1.165) is 11.1 Å². The van der Waals surface area contributed by atoms with Crippen LogP contribution in [0.4, 0.5) is 0 Å². The van der Waals surface area contributed by atoms with E-state index in [9.17, 15) is 0 Å². The standard InChI is InChI=1S/C10H11Cl2N/c1-7(6-13)4-8-2-3-9(11)10(12)5-8/h2-5H,6,13H2,1H3. The summed E-state index contributed by atoms with van der Waals surface area (Å²) in [5.41, 5.74) is 7.60. The van der Waals surface area contributed by atoms with Gasteiger partial charge in [-0.05, 0) is 24.6 Å². The summed E-state index contributed by atoms with van der Waals surface area (Å²) in [7, 11) is 0. The Morgan fingerprint density at radius 2 is 2.08 bits per heavy atom. The molecule has 0 aliphatic heterocycles. The molecule has 13 heavy (non-hydrogen) atoms. The Balaban J connectivity index is 2.98. The Kier molecular flexibility index (Phi) is 3.79. The summed E-state index contributed by atoms with van der Waals surface area (Å²) in [6.45, 7) is 2.53.